The Morgan fingerprint density at radius 3 is 2.22 bits per heavy atom. The lowest BCUT2D eigenvalue weighted by Crippen LogP contribution is -2.17. The summed E-state index contributed by atoms with van der Waals surface area (Å²) in [5.74, 6) is -0.463. The van der Waals surface area contributed by atoms with E-state index in [-0.39, 0.29) is 15.1 Å². The molecule has 0 heterocycles. The lowest BCUT2D eigenvalue weighted by atomic mass is 10.3. The summed E-state index contributed by atoms with van der Waals surface area (Å²) in [6.45, 7) is 0. The van der Waals surface area contributed by atoms with E-state index in [4.69, 9.17) is 0 Å². The van der Waals surface area contributed by atoms with Gasteiger partial charge in [0, 0.05) is 3.57 Å². The highest BCUT2D eigenvalue weighted by Gasteiger charge is 2.32. The number of rotatable bonds is 4. The number of hydrogen-bond acceptors (Lipinski definition) is 3. The van der Waals surface area contributed by atoms with Crippen molar-refractivity contribution in [1.29, 1.82) is 0 Å². The average molecular weight is 522 g/mol. The van der Waals surface area contributed by atoms with E-state index in [1.54, 1.807) is 12.1 Å². The van der Waals surface area contributed by atoms with E-state index in [0.717, 1.165) is 9.64 Å². The van der Waals surface area contributed by atoms with Gasteiger partial charge in [-0.1, -0.05) is 0 Å². The molecule has 2 rings (SSSR count). The summed E-state index contributed by atoms with van der Waals surface area (Å²) in [6, 6.07) is 9.50. The molecule has 0 aliphatic rings. The molecule has 0 bridgehead atoms. The van der Waals surface area contributed by atoms with Gasteiger partial charge >= 0.3 is 6.36 Å². The van der Waals surface area contributed by atoms with Crippen molar-refractivity contribution in [3.63, 3.8) is 0 Å². The van der Waals surface area contributed by atoms with Gasteiger partial charge in [-0.2, -0.15) is 0 Å². The second-order valence-electron chi connectivity index (χ2n) is 4.25. The molecule has 0 spiro atoms. The highest BCUT2D eigenvalue weighted by atomic mass is 127. The van der Waals surface area contributed by atoms with E-state index in [9.17, 15) is 21.6 Å². The summed E-state index contributed by atoms with van der Waals surface area (Å²) < 4.78 is 67.9. The van der Waals surface area contributed by atoms with Gasteiger partial charge in [0.25, 0.3) is 10.0 Å². The number of nitrogens with one attached hydrogen (secondary N) is 1. The number of hydrogen-bond donors (Lipinski definition) is 1. The summed E-state index contributed by atoms with van der Waals surface area (Å²) in [7, 11) is -3.83. The van der Waals surface area contributed by atoms with Gasteiger partial charge in [0.05, 0.1) is 15.1 Å². The molecule has 0 aromatic heterocycles. The van der Waals surface area contributed by atoms with E-state index in [1.807, 2.05) is 22.6 Å². The minimum absolute atomic E-state index is 0.0300. The fraction of sp³-hybridized carbons (Fsp3) is 0.0769. The van der Waals surface area contributed by atoms with Crippen LogP contribution in [0.5, 0.6) is 5.75 Å². The Labute approximate surface area is 152 Å². The maximum absolute atomic E-state index is 12.2. The smallest absolute Gasteiger partial charge is 0.405 e. The van der Waals surface area contributed by atoms with Crippen molar-refractivity contribution in [1.82, 2.24) is 0 Å². The van der Waals surface area contributed by atoms with Crippen molar-refractivity contribution >= 4 is 54.2 Å². The predicted octanol–water partition coefficient (Wildman–Crippen LogP) is 4.75. The van der Waals surface area contributed by atoms with Crippen LogP contribution in [0.25, 0.3) is 0 Å². The van der Waals surface area contributed by atoms with E-state index >= 15 is 0 Å². The van der Waals surface area contributed by atoms with E-state index < -0.39 is 22.1 Å². The molecule has 1 N–H and O–H groups in total. The van der Waals surface area contributed by atoms with Crippen molar-refractivity contribution in [3.05, 3.63) is 50.5 Å². The van der Waals surface area contributed by atoms with Crippen LogP contribution < -0.4 is 9.46 Å². The first-order valence-electron chi connectivity index (χ1n) is 5.90. The molecule has 0 aliphatic carbocycles. The van der Waals surface area contributed by atoms with Gasteiger partial charge in [-0.05, 0) is 81.0 Å². The Morgan fingerprint density at radius 2 is 1.70 bits per heavy atom. The van der Waals surface area contributed by atoms with E-state index in [2.05, 4.69) is 25.4 Å². The lowest BCUT2D eigenvalue weighted by Gasteiger charge is -2.13. The predicted molar refractivity (Wildman–Crippen MR) is 90.8 cm³/mol. The van der Waals surface area contributed by atoms with E-state index in [0.29, 0.717) is 0 Å². The molecule has 0 amide bonds. The topological polar surface area (TPSA) is 55.4 Å². The molecule has 0 saturated carbocycles. The Hall–Kier alpha value is -1.01. The van der Waals surface area contributed by atoms with Crippen LogP contribution in [0.3, 0.4) is 0 Å². The van der Waals surface area contributed by atoms with Gasteiger partial charge in [0.1, 0.15) is 5.75 Å². The van der Waals surface area contributed by atoms with Crippen molar-refractivity contribution in [2.24, 2.45) is 0 Å². The SMILES string of the molecule is O=S(=O)(Nc1ccc(OC(F)(F)F)c(Br)c1)c1ccc(I)cc1. The average Bonchev–Trinajstić information content (AvgIpc) is 2.41. The van der Waals surface area contributed by atoms with Gasteiger partial charge < -0.3 is 4.74 Å². The molecule has 2 aromatic rings. The first kappa shape index (κ1) is 18.3. The second-order valence-corrected chi connectivity index (χ2v) is 8.03. The maximum Gasteiger partial charge on any atom is 0.573 e. The zero-order valence-electron chi connectivity index (χ0n) is 11.1. The fourth-order valence-electron chi connectivity index (χ4n) is 1.60. The molecule has 0 saturated heterocycles. The first-order chi connectivity index (χ1) is 10.6. The highest BCUT2D eigenvalue weighted by Crippen LogP contribution is 2.33. The minimum atomic E-state index is -4.83. The minimum Gasteiger partial charge on any atom is -0.405 e. The summed E-state index contributed by atoms with van der Waals surface area (Å²) in [5, 5.41) is 0. The number of halogens is 5. The Balaban J connectivity index is 2.23. The van der Waals surface area contributed by atoms with Crippen LogP contribution >= 0.6 is 38.5 Å². The van der Waals surface area contributed by atoms with Crippen LogP contribution in [0.2, 0.25) is 0 Å². The summed E-state index contributed by atoms with van der Waals surface area (Å²) in [6.07, 6.45) is -4.83. The second kappa shape index (κ2) is 6.85. The van der Waals surface area contributed by atoms with Gasteiger partial charge in [-0.15, -0.1) is 13.2 Å². The van der Waals surface area contributed by atoms with Gasteiger partial charge in [-0.3, -0.25) is 4.72 Å². The van der Waals surface area contributed by atoms with Crippen LogP contribution in [0, 0.1) is 3.57 Å². The third-order valence-corrected chi connectivity index (χ3v) is 5.27. The van der Waals surface area contributed by atoms with Crippen LogP contribution in [0.15, 0.2) is 51.8 Å². The molecule has 4 nitrogen and oxygen atoms in total. The Kier molecular flexibility index (Phi) is 5.46. The zero-order valence-corrected chi connectivity index (χ0v) is 15.6. The lowest BCUT2D eigenvalue weighted by molar-refractivity contribution is -0.274. The van der Waals surface area contributed by atoms with Crippen molar-refractivity contribution in [3.8, 4) is 5.75 Å². The van der Waals surface area contributed by atoms with Crippen LogP contribution in [0.4, 0.5) is 18.9 Å². The maximum atomic E-state index is 12.2. The molecule has 10 heteroatoms. The summed E-state index contributed by atoms with van der Waals surface area (Å²) in [4.78, 5) is 0.0460. The number of benzene rings is 2. The quantitative estimate of drug-likeness (QED) is 0.591. The molecule has 124 valence electrons. The molecule has 0 fully saturated rings. The third-order valence-electron chi connectivity index (χ3n) is 2.53. The van der Waals surface area contributed by atoms with Crippen LogP contribution in [0.1, 0.15) is 0 Å². The zero-order chi connectivity index (χ0) is 17.3. The van der Waals surface area contributed by atoms with Crippen molar-refractivity contribution in [2.45, 2.75) is 11.3 Å². The molecule has 0 radical (unpaired) electrons. The molecule has 0 unspecified atom stereocenters. The summed E-state index contributed by atoms with van der Waals surface area (Å²) in [5.41, 5.74) is 0.102. The highest BCUT2D eigenvalue weighted by molar-refractivity contribution is 14.1. The number of ether oxygens (including phenoxy) is 1. The summed E-state index contributed by atoms with van der Waals surface area (Å²) >= 11 is 4.95. The van der Waals surface area contributed by atoms with Gasteiger partial charge in [0.2, 0.25) is 0 Å². The molecule has 0 aliphatic heterocycles. The standard InChI is InChI=1S/C13H8BrF3INO3S/c14-11-7-9(3-6-12(11)22-13(15,16)17)19-23(20,21)10-4-1-8(18)2-5-10/h1-7,19H. The monoisotopic (exact) mass is 521 g/mol. The fourth-order valence-corrected chi connectivity index (χ4v) is 3.47. The van der Waals surface area contributed by atoms with Crippen LogP contribution in [-0.4, -0.2) is 14.8 Å². The van der Waals surface area contributed by atoms with Gasteiger partial charge in [-0.25, -0.2) is 8.42 Å². The van der Waals surface area contributed by atoms with E-state index in [1.165, 1.54) is 24.3 Å². The number of sulfonamides is 1. The Morgan fingerprint density at radius 1 is 1.09 bits per heavy atom. The molecular formula is C13H8BrF3INO3S. The number of anilines is 1. The molecular weight excluding hydrogens is 514 g/mol. The molecule has 0 atom stereocenters. The van der Waals surface area contributed by atoms with Crippen molar-refractivity contribution in [2.75, 3.05) is 4.72 Å². The van der Waals surface area contributed by atoms with Crippen molar-refractivity contribution < 1.29 is 26.3 Å². The van der Waals surface area contributed by atoms with Gasteiger partial charge in [0.15, 0.2) is 0 Å². The third kappa shape index (κ3) is 5.24. The normalized spacial score (nSPS) is 12.0. The molecule has 23 heavy (non-hydrogen) atoms. The first-order valence-corrected chi connectivity index (χ1v) is 9.26. The number of alkyl halides is 3. The Bertz CT molecular complexity index is 810. The van der Waals surface area contributed by atoms with Crippen LogP contribution in [-0.2, 0) is 10.0 Å². The largest absolute Gasteiger partial charge is 0.573 e. The molecule has 2 aromatic carbocycles.